The lowest BCUT2D eigenvalue weighted by molar-refractivity contribution is 0.0251. The van der Waals surface area contributed by atoms with Crippen molar-refractivity contribution in [2.45, 2.75) is 89.2 Å². The van der Waals surface area contributed by atoms with E-state index in [2.05, 4.69) is 15.1 Å². The Bertz CT molecular complexity index is 626. The van der Waals surface area contributed by atoms with Crippen molar-refractivity contribution in [1.82, 2.24) is 15.1 Å². The normalized spacial score (nSPS) is 29.3. The highest BCUT2D eigenvalue weighted by atomic mass is 16.6. The maximum atomic E-state index is 13.0. The minimum atomic E-state index is -0.0332. The van der Waals surface area contributed by atoms with Gasteiger partial charge in [-0.15, -0.1) is 0 Å². The Kier molecular flexibility index (Phi) is 5.88. The smallest absolute Gasteiger partial charge is 0.410 e. The third kappa shape index (κ3) is 4.10. The van der Waals surface area contributed by atoms with Crippen LogP contribution in [0.4, 0.5) is 4.79 Å². The number of hydrogen-bond acceptors (Lipinski definition) is 4. The maximum absolute atomic E-state index is 13.0. The van der Waals surface area contributed by atoms with Crippen LogP contribution in [0.5, 0.6) is 0 Å². The standard InChI is InChI=1S/C24H39N3O2/c28-23(29-21-6-2-3-7-21)27-17-19-5-1-4-8-22(19)24(18-27)11-15-26(16-12-24)20-9-13-25-14-10-20/h20-21,25H,1-18H2. The first-order valence-electron chi connectivity index (χ1n) is 12.4. The first-order chi connectivity index (χ1) is 14.2. The molecule has 0 radical (unpaired) electrons. The van der Waals surface area contributed by atoms with Gasteiger partial charge < -0.3 is 19.9 Å². The topological polar surface area (TPSA) is 44.8 Å². The van der Waals surface area contributed by atoms with Gasteiger partial charge >= 0.3 is 6.09 Å². The molecule has 2 aliphatic carbocycles. The Morgan fingerprint density at radius 3 is 2.45 bits per heavy atom. The van der Waals surface area contributed by atoms with E-state index in [1.54, 1.807) is 11.1 Å². The van der Waals surface area contributed by atoms with Gasteiger partial charge in [0.15, 0.2) is 0 Å². The second-order valence-corrected chi connectivity index (χ2v) is 10.2. The first-order valence-corrected chi connectivity index (χ1v) is 12.4. The second kappa shape index (κ2) is 8.58. The van der Waals surface area contributed by atoms with Crippen LogP contribution < -0.4 is 5.32 Å². The fourth-order valence-electron chi connectivity index (χ4n) is 6.83. The number of nitrogens with zero attached hydrogens (tertiary/aromatic N) is 2. The quantitative estimate of drug-likeness (QED) is 0.708. The molecule has 29 heavy (non-hydrogen) atoms. The number of nitrogens with one attached hydrogen (secondary N) is 1. The van der Waals surface area contributed by atoms with Crippen molar-refractivity contribution in [3.05, 3.63) is 11.1 Å². The van der Waals surface area contributed by atoms with Gasteiger partial charge in [-0.25, -0.2) is 4.79 Å². The Morgan fingerprint density at radius 1 is 0.966 bits per heavy atom. The number of carbonyl (C=O) groups excluding carboxylic acids is 1. The minimum Gasteiger partial charge on any atom is -0.446 e. The molecule has 162 valence electrons. The summed E-state index contributed by atoms with van der Waals surface area (Å²) < 4.78 is 5.93. The molecule has 0 aromatic carbocycles. The lowest BCUT2D eigenvalue weighted by Gasteiger charge is -2.52. The second-order valence-electron chi connectivity index (χ2n) is 10.2. The zero-order valence-corrected chi connectivity index (χ0v) is 18.1. The van der Waals surface area contributed by atoms with Gasteiger partial charge in [0, 0.05) is 24.5 Å². The molecule has 0 bridgehead atoms. The van der Waals surface area contributed by atoms with E-state index in [0.29, 0.717) is 0 Å². The molecular formula is C24H39N3O2. The molecule has 0 aromatic heterocycles. The van der Waals surface area contributed by atoms with E-state index in [9.17, 15) is 4.79 Å². The summed E-state index contributed by atoms with van der Waals surface area (Å²) in [5.74, 6) is 0. The number of carbonyl (C=O) groups is 1. The van der Waals surface area contributed by atoms with Crippen molar-refractivity contribution in [2.24, 2.45) is 5.41 Å². The molecule has 5 aliphatic rings. The minimum absolute atomic E-state index is 0.0332. The number of likely N-dealkylation sites (tertiary alicyclic amines) is 1. The number of amides is 1. The van der Waals surface area contributed by atoms with Crippen molar-refractivity contribution in [3.8, 4) is 0 Å². The van der Waals surface area contributed by atoms with E-state index >= 15 is 0 Å². The average Bonchev–Trinajstić information content (AvgIpc) is 3.28. The predicted molar refractivity (Wildman–Crippen MR) is 115 cm³/mol. The largest absolute Gasteiger partial charge is 0.446 e. The van der Waals surface area contributed by atoms with E-state index < -0.39 is 0 Å². The van der Waals surface area contributed by atoms with Crippen LogP contribution in [0.1, 0.15) is 77.0 Å². The number of fused-ring (bicyclic) bond motifs is 1. The van der Waals surface area contributed by atoms with Crippen LogP contribution in [0.15, 0.2) is 11.1 Å². The highest BCUT2D eigenvalue weighted by molar-refractivity contribution is 5.69. The van der Waals surface area contributed by atoms with Crippen LogP contribution in [0.25, 0.3) is 0 Å². The number of rotatable bonds is 2. The van der Waals surface area contributed by atoms with Crippen LogP contribution in [0.2, 0.25) is 0 Å². The van der Waals surface area contributed by atoms with Crippen LogP contribution in [-0.4, -0.2) is 67.3 Å². The Labute approximate surface area is 176 Å². The van der Waals surface area contributed by atoms with Gasteiger partial charge in [-0.1, -0.05) is 11.1 Å². The Balaban J connectivity index is 1.30. The fraction of sp³-hybridized carbons (Fsp3) is 0.875. The van der Waals surface area contributed by atoms with Crippen molar-refractivity contribution < 1.29 is 9.53 Å². The fourth-order valence-corrected chi connectivity index (χ4v) is 6.83. The molecule has 5 rings (SSSR count). The third-order valence-corrected chi connectivity index (χ3v) is 8.51. The summed E-state index contributed by atoms with van der Waals surface area (Å²) in [6.07, 6.45) is 14.8. The molecule has 1 N–H and O–H groups in total. The SMILES string of the molecule is O=C(OC1CCCC1)N1CC2=C(CCCC2)C2(CCN(C3CCNCC3)CC2)C1. The lowest BCUT2D eigenvalue weighted by Crippen LogP contribution is -2.55. The number of hydrogen-bond donors (Lipinski definition) is 1. The van der Waals surface area contributed by atoms with Gasteiger partial charge in [-0.2, -0.15) is 0 Å². The summed E-state index contributed by atoms with van der Waals surface area (Å²) in [5.41, 5.74) is 3.56. The molecule has 0 aromatic rings. The lowest BCUT2D eigenvalue weighted by atomic mass is 9.65. The van der Waals surface area contributed by atoms with Crippen LogP contribution in [-0.2, 0) is 4.74 Å². The van der Waals surface area contributed by atoms with Crippen LogP contribution in [0, 0.1) is 5.41 Å². The van der Waals surface area contributed by atoms with E-state index in [4.69, 9.17) is 4.74 Å². The van der Waals surface area contributed by atoms with Gasteiger partial charge in [-0.05, 0) is 103 Å². The zero-order valence-electron chi connectivity index (χ0n) is 18.1. The predicted octanol–water partition coefficient (Wildman–Crippen LogP) is 4.09. The highest BCUT2D eigenvalue weighted by Gasteiger charge is 2.46. The molecule has 3 aliphatic heterocycles. The molecule has 1 spiro atoms. The van der Waals surface area contributed by atoms with Crippen molar-refractivity contribution in [3.63, 3.8) is 0 Å². The summed E-state index contributed by atoms with van der Waals surface area (Å²) in [6, 6.07) is 0.764. The summed E-state index contributed by atoms with van der Waals surface area (Å²) in [6.45, 7) is 6.48. The summed E-state index contributed by atoms with van der Waals surface area (Å²) in [5, 5.41) is 3.50. The van der Waals surface area contributed by atoms with E-state index in [1.807, 2.05) is 0 Å². The number of piperidine rings is 2. The van der Waals surface area contributed by atoms with Crippen molar-refractivity contribution in [1.29, 1.82) is 0 Å². The molecule has 2 saturated heterocycles. The first kappa shape index (κ1) is 19.9. The van der Waals surface area contributed by atoms with Crippen LogP contribution >= 0.6 is 0 Å². The van der Waals surface area contributed by atoms with Crippen molar-refractivity contribution >= 4 is 6.09 Å². The Hall–Kier alpha value is -1.07. The number of ether oxygens (including phenoxy) is 1. The van der Waals surface area contributed by atoms with Gasteiger partial charge in [0.25, 0.3) is 0 Å². The summed E-state index contributed by atoms with van der Waals surface area (Å²) in [4.78, 5) is 17.9. The molecule has 5 nitrogen and oxygen atoms in total. The highest BCUT2D eigenvalue weighted by Crippen LogP contribution is 2.49. The molecule has 5 heteroatoms. The van der Waals surface area contributed by atoms with E-state index in [0.717, 1.165) is 32.0 Å². The average molecular weight is 402 g/mol. The molecule has 0 atom stereocenters. The molecule has 1 amide bonds. The van der Waals surface area contributed by atoms with E-state index in [-0.39, 0.29) is 17.6 Å². The van der Waals surface area contributed by atoms with Crippen LogP contribution in [0.3, 0.4) is 0 Å². The summed E-state index contributed by atoms with van der Waals surface area (Å²) >= 11 is 0. The third-order valence-electron chi connectivity index (χ3n) is 8.51. The molecular weight excluding hydrogens is 362 g/mol. The molecule has 0 unspecified atom stereocenters. The van der Waals surface area contributed by atoms with Gasteiger partial charge in [0.1, 0.15) is 6.10 Å². The molecule has 3 heterocycles. The van der Waals surface area contributed by atoms with Crippen molar-refractivity contribution in [2.75, 3.05) is 39.3 Å². The van der Waals surface area contributed by atoms with Gasteiger partial charge in [0.2, 0.25) is 0 Å². The summed E-state index contributed by atoms with van der Waals surface area (Å²) in [7, 11) is 0. The van der Waals surface area contributed by atoms with Gasteiger partial charge in [-0.3, -0.25) is 0 Å². The molecule has 1 saturated carbocycles. The molecule has 3 fully saturated rings. The van der Waals surface area contributed by atoms with E-state index in [1.165, 1.54) is 90.4 Å². The maximum Gasteiger partial charge on any atom is 0.410 e. The van der Waals surface area contributed by atoms with Gasteiger partial charge in [0.05, 0.1) is 0 Å². The monoisotopic (exact) mass is 401 g/mol. The Morgan fingerprint density at radius 2 is 1.69 bits per heavy atom. The zero-order chi connectivity index (χ0) is 19.7.